The molecule has 0 radical (unpaired) electrons. The number of anilines is 2. The topological polar surface area (TPSA) is 72.2 Å². The SMILES string of the molecule is Nc1ccc(NS(=O)(=O)c2ccc(F)cc2Cl)cc1. The number of hydrogen-bond donors (Lipinski definition) is 2. The Morgan fingerprint density at radius 3 is 2.32 bits per heavy atom. The van der Waals surface area contributed by atoms with Crippen molar-refractivity contribution in [2.24, 2.45) is 0 Å². The third kappa shape index (κ3) is 3.15. The molecule has 2 rings (SSSR count). The Morgan fingerprint density at radius 1 is 1.11 bits per heavy atom. The predicted molar refractivity (Wildman–Crippen MR) is 73.1 cm³/mol. The van der Waals surface area contributed by atoms with Gasteiger partial charge in [-0.1, -0.05) is 11.6 Å². The molecule has 2 aromatic carbocycles. The van der Waals surface area contributed by atoms with E-state index in [4.69, 9.17) is 17.3 Å². The van der Waals surface area contributed by atoms with E-state index >= 15 is 0 Å². The average molecular weight is 301 g/mol. The van der Waals surface area contributed by atoms with Gasteiger partial charge in [0.15, 0.2) is 0 Å². The highest BCUT2D eigenvalue weighted by atomic mass is 35.5. The van der Waals surface area contributed by atoms with E-state index in [-0.39, 0.29) is 9.92 Å². The molecule has 0 aliphatic heterocycles. The summed E-state index contributed by atoms with van der Waals surface area (Å²) < 4.78 is 39.4. The quantitative estimate of drug-likeness (QED) is 0.856. The smallest absolute Gasteiger partial charge is 0.263 e. The lowest BCUT2D eigenvalue weighted by Crippen LogP contribution is -2.13. The molecule has 100 valence electrons. The molecule has 0 aromatic heterocycles. The first-order valence-corrected chi connectivity index (χ1v) is 7.08. The van der Waals surface area contributed by atoms with E-state index in [0.717, 1.165) is 18.2 Å². The van der Waals surface area contributed by atoms with Gasteiger partial charge in [0.25, 0.3) is 10.0 Å². The molecular weight excluding hydrogens is 291 g/mol. The Hall–Kier alpha value is -1.79. The van der Waals surface area contributed by atoms with Gasteiger partial charge >= 0.3 is 0 Å². The zero-order valence-electron chi connectivity index (χ0n) is 9.60. The van der Waals surface area contributed by atoms with E-state index in [1.54, 1.807) is 12.1 Å². The van der Waals surface area contributed by atoms with Crippen molar-refractivity contribution in [1.82, 2.24) is 0 Å². The minimum absolute atomic E-state index is 0.178. The number of nitrogen functional groups attached to an aromatic ring is 1. The van der Waals surface area contributed by atoms with Gasteiger partial charge in [0, 0.05) is 11.4 Å². The standard InChI is InChI=1S/C12H10ClFN2O2S/c13-11-7-8(14)1-6-12(11)19(17,18)16-10-4-2-9(15)3-5-10/h1-7,16H,15H2. The summed E-state index contributed by atoms with van der Waals surface area (Å²) >= 11 is 5.73. The molecule has 0 aliphatic rings. The highest BCUT2D eigenvalue weighted by Crippen LogP contribution is 2.24. The molecule has 19 heavy (non-hydrogen) atoms. The van der Waals surface area contributed by atoms with Crippen molar-refractivity contribution in [3.63, 3.8) is 0 Å². The Morgan fingerprint density at radius 2 is 1.74 bits per heavy atom. The number of nitrogens with two attached hydrogens (primary N) is 1. The molecule has 0 heterocycles. The molecule has 0 fully saturated rings. The van der Waals surface area contributed by atoms with Gasteiger partial charge in [0.05, 0.1) is 5.02 Å². The van der Waals surface area contributed by atoms with Gasteiger partial charge in [-0.15, -0.1) is 0 Å². The molecule has 3 N–H and O–H groups in total. The first-order chi connectivity index (χ1) is 8.88. The van der Waals surface area contributed by atoms with E-state index in [1.807, 2.05) is 0 Å². The van der Waals surface area contributed by atoms with Gasteiger partial charge in [-0.2, -0.15) is 0 Å². The zero-order chi connectivity index (χ0) is 14.0. The summed E-state index contributed by atoms with van der Waals surface area (Å²) in [6.07, 6.45) is 0. The number of nitrogens with one attached hydrogen (secondary N) is 1. The van der Waals surface area contributed by atoms with Crippen molar-refractivity contribution < 1.29 is 12.8 Å². The lowest BCUT2D eigenvalue weighted by molar-refractivity contribution is 0.600. The summed E-state index contributed by atoms with van der Waals surface area (Å²) in [6.45, 7) is 0. The summed E-state index contributed by atoms with van der Waals surface area (Å²) in [5, 5.41) is -0.178. The summed E-state index contributed by atoms with van der Waals surface area (Å²) in [4.78, 5) is -0.188. The molecule has 0 aliphatic carbocycles. The largest absolute Gasteiger partial charge is 0.399 e. The van der Waals surface area contributed by atoms with Crippen molar-refractivity contribution in [3.05, 3.63) is 53.3 Å². The van der Waals surface area contributed by atoms with Gasteiger partial charge in [-0.25, -0.2) is 12.8 Å². The minimum atomic E-state index is -3.86. The van der Waals surface area contributed by atoms with Crippen LogP contribution < -0.4 is 10.5 Å². The fraction of sp³-hybridized carbons (Fsp3) is 0. The maximum atomic E-state index is 12.9. The molecule has 0 bridgehead atoms. The van der Waals surface area contributed by atoms with Crippen molar-refractivity contribution in [3.8, 4) is 0 Å². The molecule has 0 atom stereocenters. The van der Waals surface area contributed by atoms with Gasteiger partial charge in [0.2, 0.25) is 0 Å². The number of rotatable bonds is 3. The fourth-order valence-electron chi connectivity index (χ4n) is 1.45. The van der Waals surface area contributed by atoms with Crippen LogP contribution in [0.15, 0.2) is 47.4 Å². The third-order valence-electron chi connectivity index (χ3n) is 2.35. The summed E-state index contributed by atoms with van der Waals surface area (Å²) in [5.41, 5.74) is 6.36. The molecule has 7 heteroatoms. The first kappa shape index (κ1) is 13.6. The van der Waals surface area contributed by atoms with Crippen LogP contribution in [0.5, 0.6) is 0 Å². The summed E-state index contributed by atoms with van der Waals surface area (Å²) in [7, 11) is -3.86. The van der Waals surface area contributed by atoms with Crippen LogP contribution in [0.1, 0.15) is 0 Å². The molecule has 0 saturated heterocycles. The minimum Gasteiger partial charge on any atom is -0.399 e. The van der Waals surface area contributed by atoms with Gasteiger partial charge in [-0.3, -0.25) is 4.72 Å². The van der Waals surface area contributed by atoms with Gasteiger partial charge in [0.1, 0.15) is 10.7 Å². The van der Waals surface area contributed by atoms with E-state index in [2.05, 4.69) is 4.72 Å². The highest BCUT2D eigenvalue weighted by Gasteiger charge is 2.18. The lowest BCUT2D eigenvalue weighted by Gasteiger charge is -2.09. The van der Waals surface area contributed by atoms with Crippen LogP contribution in [0.3, 0.4) is 0 Å². The second-order valence-corrected chi connectivity index (χ2v) is 5.86. The van der Waals surface area contributed by atoms with Crippen molar-refractivity contribution in [2.75, 3.05) is 10.5 Å². The Kier molecular flexibility index (Phi) is 3.64. The lowest BCUT2D eigenvalue weighted by atomic mass is 10.3. The monoisotopic (exact) mass is 300 g/mol. The predicted octanol–water partition coefficient (Wildman–Crippen LogP) is 2.86. The van der Waals surface area contributed by atoms with Gasteiger partial charge in [-0.05, 0) is 42.5 Å². The molecule has 0 saturated carbocycles. The number of sulfonamides is 1. The van der Waals surface area contributed by atoms with Crippen LogP contribution in [0.25, 0.3) is 0 Å². The van der Waals surface area contributed by atoms with E-state index < -0.39 is 15.8 Å². The van der Waals surface area contributed by atoms with Crippen LogP contribution in [0.4, 0.5) is 15.8 Å². The first-order valence-electron chi connectivity index (χ1n) is 5.22. The number of hydrogen-bond acceptors (Lipinski definition) is 3. The third-order valence-corrected chi connectivity index (χ3v) is 4.21. The van der Waals surface area contributed by atoms with Crippen LogP contribution >= 0.6 is 11.6 Å². The van der Waals surface area contributed by atoms with Crippen LogP contribution in [-0.4, -0.2) is 8.42 Å². The van der Waals surface area contributed by atoms with Crippen molar-refractivity contribution in [2.45, 2.75) is 4.90 Å². The van der Waals surface area contributed by atoms with Crippen LogP contribution in [0.2, 0.25) is 5.02 Å². The number of benzene rings is 2. The maximum absolute atomic E-state index is 12.9. The molecule has 0 unspecified atom stereocenters. The van der Waals surface area contributed by atoms with Crippen molar-refractivity contribution >= 4 is 33.0 Å². The highest BCUT2D eigenvalue weighted by molar-refractivity contribution is 7.92. The summed E-state index contributed by atoms with van der Waals surface area (Å²) in [6, 6.07) is 9.24. The second kappa shape index (κ2) is 5.07. The molecule has 4 nitrogen and oxygen atoms in total. The number of halogens is 2. The van der Waals surface area contributed by atoms with Crippen LogP contribution in [-0.2, 0) is 10.0 Å². The maximum Gasteiger partial charge on any atom is 0.263 e. The normalized spacial score (nSPS) is 11.3. The second-order valence-electron chi connectivity index (χ2n) is 3.80. The van der Waals surface area contributed by atoms with E-state index in [1.165, 1.54) is 12.1 Å². The molecular formula is C12H10ClFN2O2S. The molecule has 0 amide bonds. The fourth-order valence-corrected chi connectivity index (χ4v) is 3.05. The van der Waals surface area contributed by atoms with E-state index in [0.29, 0.717) is 11.4 Å². The Labute approximate surface area is 115 Å². The molecule has 2 aromatic rings. The average Bonchev–Trinajstić information content (AvgIpc) is 2.31. The summed E-state index contributed by atoms with van der Waals surface area (Å²) in [5.74, 6) is -0.601. The van der Waals surface area contributed by atoms with Crippen LogP contribution in [0, 0.1) is 5.82 Å². The molecule has 0 spiro atoms. The van der Waals surface area contributed by atoms with Gasteiger partial charge < -0.3 is 5.73 Å². The zero-order valence-corrected chi connectivity index (χ0v) is 11.2. The van der Waals surface area contributed by atoms with Crippen molar-refractivity contribution in [1.29, 1.82) is 0 Å². The Bertz CT molecular complexity index is 702. The van der Waals surface area contributed by atoms with E-state index in [9.17, 15) is 12.8 Å². The Balaban J connectivity index is 2.35.